The van der Waals surface area contributed by atoms with Crippen molar-refractivity contribution in [2.75, 3.05) is 26.3 Å². The molecule has 0 radical (unpaired) electrons. The van der Waals surface area contributed by atoms with Crippen molar-refractivity contribution in [2.45, 2.75) is 44.8 Å². The van der Waals surface area contributed by atoms with E-state index >= 15 is 0 Å². The quantitative estimate of drug-likeness (QED) is 0.861. The predicted molar refractivity (Wildman–Crippen MR) is 81.9 cm³/mol. The van der Waals surface area contributed by atoms with E-state index in [9.17, 15) is 0 Å². The van der Waals surface area contributed by atoms with Gasteiger partial charge in [-0.05, 0) is 43.9 Å². The van der Waals surface area contributed by atoms with E-state index in [-0.39, 0.29) is 0 Å². The van der Waals surface area contributed by atoms with E-state index in [1.165, 1.54) is 24.0 Å². The van der Waals surface area contributed by atoms with Crippen LogP contribution < -0.4 is 5.32 Å². The lowest BCUT2D eigenvalue weighted by atomic mass is 10.0. The maximum Gasteiger partial charge on any atom is 0.0619 e. The number of ether oxygens (including phenoxy) is 1. The van der Waals surface area contributed by atoms with Gasteiger partial charge < -0.3 is 10.1 Å². The summed E-state index contributed by atoms with van der Waals surface area (Å²) in [5, 5.41) is 3.61. The van der Waals surface area contributed by atoms with Crippen LogP contribution in [-0.4, -0.2) is 43.3 Å². The molecule has 1 aliphatic heterocycles. The van der Waals surface area contributed by atoms with Crippen LogP contribution in [0.2, 0.25) is 0 Å². The third kappa shape index (κ3) is 3.81. The molecule has 3 heteroatoms. The summed E-state index contributed by atoms with van der Waals surface area (Å²) in [6.45, 7) is 7.22. The number of morpholine rings is 1. The summed E-state index contributed by atoms with van der Waals surface area (Å²) in [7, 11) is 0. The fourth-order valence-corrected chi connectivity index (χ4v) is 2.87. The Labute approximate surface area is 122 Å². The van der Waals surface area contributed by atoms with Gasteiger partial charge in [0.1, 0.15) is 0 Å². The van der Waals surface area contributed by atoms with Crippen molar-refractivity contribution >= 4 is 0 Å². The molecule has 1 unspecified atom stereocenters. The zero-order chi connectivity index (χ0) is 13.8. The predicted octanol–water partition coefficient (Wildman–Crippen LogP) is 2.20. The smallest absolute Gasteiger partial charge is 0.0619 e. The highest BCUT2D eigenvalue weighted by atomic mass is 16.5. The van der Waals surface area contributed by atoms with Gasteiger partial charge in [0.25, 0.3) is 0 Å². The average Bonchev–Trinajstić information content (AvgIpc) is 3.27. The van der Waals surface area contributed by atoms with Gasteiger partial charge in [0.2, 0.25) is 0 Å². The Morgan fingerprint density at radius 2 is 2.05 bits per heavy atom. The molecule has 0 bridgehead atoms. The van der Waals surface area contributed by atoms with Crippen molar-refractivity contribution in [1.82, 2.24) is 10.2 Å². The molecule has 1 saturated heterocycles. The minimum absolute atomic E-state index is 0.529. The lowest BCUT2D eigenvalue weighted by Gasteiger charge is -2.33. The summed E-state index contributed by atoms with van der Waals surface area (Å²) in [6, 6.07) is 10.2. The average molecular weight is 274 g/mol. The summed E-state index contributed by atoms with van der Waals surface area (Å²) in [5.74, 6) is 0. The van der Waals surface area contributed by atoms with Crippen molar-refractivity contribution in [3.05, 3.63) is 35.4 Å². The van der Waals surface area contributed by atoms with Gasteiger partial charge in [-0.15, -0.1) is 0 Å². The van der Waals surface area contributed by atoms with Crippen LogP contribution in [-0.2, 0) is 17.7 Å². The second-order valence-electron chi connectivity index (χ2n) is 6.14. The fourth-order valence-electron chi connectivity index (χ4n) is 2.87. The number of nitrogens with one attached hydrogen (secondary N) is 1. The van der Waals surface area contributed by atoms with Crippen molar-refractivity contribution in [3.8, 4) is 0 Å². The van der Waals surface area contributed by atoms with Gasteiger partial charge in [-0.2, -0.15) is 0 Å². The molecule has 1 aliphatic carbocycles. The van der Waals surface area contributed by atoms with Gasteiger partial charge in [0.05, 0.1) is 13.2 Å². The summed E-state index contributed by atoms with van der Waals surface area (Å²) in [4.78, 5) is 2.54. The Morgan fingerprint density at radius 3 is 2.80 bits per heavy atom. The lowest BCUT2D eigenvalue weighted by molar-refractivity contribution is -0.00447. The first-order valence-corrected chi connectivity index (χ1v) is 7.95. The molecular weight excluding hydrogens is 248 g/mol. The number of nitrogens with zero attached hydrogens (tertiary/aromatic N) is 1. The summed E-state index contributed by atoms with van der Waals surface area (Å²) < 4.78 is 5.53. The normalized spacial score (nSPS) is 23.9. The molecule has 0 aromatic heterocycles. The molecular formula is C17H26N2O. The fraction of sp³-hybridized carbons (Fsp3) is 0.647. The van der Waals surface area contributed by atoms with E-state index in [4.69, 9.17) is 4.74 Å². The first-order valence-electron chi connectivity index (χ1n) is 7.95. The number of hydrogen-bond acceptors (Lipinski definition) is 3. The minimum Gasteiger partial charge on any atom is -0.379 e. The Kier molecular flexibility index (Phi) is 4.71. The number of benzene rings is 1. The number of hydrogen-bond donors (Lipinski definition) is 1. The third-order valence-electron chi connectivity index (χ3n) is 4.40. The highest BCUT2D eigenvalue weighted by Gasteiger charge is 2.21. The van der Waals surface area contributed by atoms with Crippen LogP contribution in [0.3, 0.4) is 0 Å². The number of rotatable bonds is 6. The molecule has 3 rings (SSSR count). The Balaban J connectivity index is 1.58. The second kappa shape index (κ2) is 6.70. The van der Waals surface area contributed by atoms with Crippen molar-refractivity contribution in [3.63, 3.8) is 0 Å². The Hall–Kier alpha value is -0.900. The molecule has 2 fully saturated rings. The van der Waals surface area contributed by atoms with Gasteiger partial charge in [-0.1, -0.05) is 24.3 Å². The SMILES string of the molecule is CC1COCCN1Cc1ccccc1CCNC1CC1. The molecule has 2 aliphatic rings. The van der Waals surface area contributed by atoms with Crippen LogP contribution in [0.5, 0.6) is 0 Å². The first-order chi connectivity index (χ1) is 9.83. The van der Waals surface area contributed by atoms with Crippen molar-refractivity contribution in [1.29, 1.82) is 0 Å². The first kappa shape index (κ1) is 14.1. The molecule has 20 heavy (non-hydrogen) atoms. The molecule has 0 spiro atoms. The van der Waals surface area contributed by atoms with Crippen LogP contribution in [0.4, 0.5) is 0 Å². The van der Waals surface area contributed by atoms with Crippen LogP contribution in [0, 0.1) is 0 Å². The molecule has 1 atom stereocenters. The maximum atomic E-state index is 5.53. The summed E-state index contributed by atoms with van der Waals surface area (Å²) >= 11 is 0. The van der Waals surface area contributed by atoms with Crippen LogP contribution in [0.25, 0.3) is 0 Å². The van der Waals surface area contributed by atoms with Crippen LogP contribution in [0.15, 0.2) is 24.3 Å². The molecule has 1 saturated carbocycles. The van der Waals surface area contributed by atoms with Gasteiger partial charge in [-0.3, -0.25) is 4.90 Å². The monoisotopic (exact) mass is 274 g/mol. The largest absolute Gasteiger partial charge is 0.379 e. The van der Waals surface area contributed by atoms with Crippen molar-refractivity contribution < 1.29 is 4.74 Å². The van der Waals surface area contributed by atoms with Gasteiger partial charge >= 0.3 is 0 Å². The standard InChI is InChI=1S/C17H26N2O/c1-14-13-20-11-10-19(14)12-16-5-3-2-4-15(16)8-9-18-17-6-7-17/h2-5,14,17-18H,6-13H2,1H3. The zero-order valence-corrected chi connectivity index (χ0v) is 12.5. The summed E-state index contributed by atoms with van der Waals surface area (Å²) in [5.41, 5.74) is 2.98. The van der Waals surface area contributed by atoms with E-state index in [0.717, 1.165) is 45.3 Å². The van der Waals surface area contributed by atoms with E-state index in [2.05, 4.69) is 41.4 Å². The highest BCUT2D eigenvalue weighted by Crippen LogP contribution is 2.19. The van der Waals surface area contributed by atoms with Crippen molar-refractivity contribution in [2.24, 2.45) is 0 Å². The van der Waals surface area contributed by atoms with E-state index in [1.807, 2.05) is 0 Å². The zero-order valence-electron chi connectivity index (χ0n) is 12.5. The van der Waals surface area contributed by atoms with E-state index in [0.29, 0.717) is 6.04 Å². The molecule has 1 aromatic rings. The van der Waals surface area contributed by atoms with E-state index < -0.39 is 0 Å². The molecule has 110 valence electrons. The molecule has 0 amide bonds. The minimum atomic E-state index is 0.529. The summed E-state index contributed by atoms with van der Waals surface area (Å²) in [6.07, 6.45) is 3.88. The van der Waals surface area contributed by atoms with Gasteiger partial charge in [-0.25, -0.2) is 0 Å². The third-order valence-corrected chi connectivity index (χ3v) is 4.40. The molecule has 1 aromatic carbocycles. The molecule has 3 nitrogen and oxygen atoms in total. The lowest BCUT2D eigenvalue weighted by Crippen LogP contribution is -2.43. The Morgan fingerprint density at radius 1 is 1.25 bits per heavy atom. The topological polar surface area (TPSA) is 24.5 Å². The molecule has 1 N–H and O–H groups in total. The second-order valence-corrected chi connectivity index (χ2v) is 6.14. The Bertz CT molecular complexity index is 431. The maximum absolute atomic E-state index is 5.53. The van der Waals surface area contributed by atoms with Gasteiger partial charge in [0, 0.05) is 25.2 Å². The van der Waals surface area contributed by atoms with Crippen LogP contribution >= 0.6 is 0 Å². The van der Waals surface area contributed by atoms with Gasteiger partial charge in [0.15, 0.2) is 0 Å². The molecule has 1 heterocycles. The van der Waals surface area contributed by atoms with Crippen LogP contribution in [0.1, 0.15) is 30.9 Å². The highest BCUT2D eigenvalue weighted by molar-refractivity contribution is 5.27. The van der Waals surface area contributed by atoms with E-state index in [1.54, 1.807) is 0 Å².